The van der Waals surface area contributed by atoms with E-state index in [1.165, 1.54) is 48.1 Å². The van der Waals surface area contributed by atoms with Gasteiger partial charge in [-0.15, -0.1) is 0 Å². The third kappa shape index (κ3) is 6.15. The van der Waals surface area contributed by atoms with Gasteiger partial charge in [-0.25, -0.2) is 13.8 Å². The highest BCUT2D eigenvalue weighted by molar-refractivity contribution is 5.93. The maximum Gasteiger partial charge on any atom is 0.471 e. The molecule has 208 valence electrons. The molecule has 3 heterocycles. The van der Waals surface area contributed by atoms with E-state index in [2.05, 4.69) is 15.3 Å². The maximum atomic E-state index is 14.0. The SMILES string of the molecule is CC(C)[C@@H](NC(=O)C(F)(F)F)C(=O)N[C@@H]1CN(C(=O)c2cncc3cncn23)CC[C@H]1c1cc(F)cc(F)c1. The van der Waals surface area contributed by atoms with Crippen molar-refractivity contribution in [3.63, 3.8) is 0 Å². The standard InChI is InChI=1S/C25H25F5N6O3/c1-13(2)21(34-24(39)25(28,29)30)22(37)33-19-11-35(4-3-18(19)14-5-15(26)7-16(27)6-14)23(38)20-10-31-8-17-9-32-12-36(17)20/h5-10,12-13,18-19,21H,3-4,11H2,1-2H3,(H,33,37)(H,34,39)/t18-,19+,21+/m0/s1. The summed E-state index contributed by atoms with van der Waals surface area (Å²) in [5.41, 5.74) is 0.961. The summed E-state index contributed by atoms with van der Waals surface area (Å²) >= 11 is 0. The number of imidazole rings is 1. The zero-order valence-electron chi connectivity index (χ0n) is 20.9. The minimum atomic E-state index is -5.20. The molecule has 2 aromatic heterocycles. The normalized spacial score (nSPS) is 18.7. The number of fused-ring (bicyclic) bond motifs is 1. The van der Waals surface area contributed by atoms with Crippen molar-refractivity contribution in [1.29, 1.82) is 0 Å². The van der Waals surface area contributed by atoms with Gasteiger partial charge in [0.05, 0.1) is 36.5 Å². The van der Waals surface area contributed by atoms with E-state index in [1.807, 2.05) is 0 Å². The van der Waals surface area contributed by atoms with Crippen LogP contribution in [-0.4, -0.2) is 68.3 Å². The average molecular weight is 553 g/mol. The second-order valence-corrected chi connectivity index (χ2v) is 9.64. The number of aromatic nitrogens is 3. The molecular formula is C25H25F5N6O3. The number of amides is 3. The van der Waals surface area contributed by atoms with E-state index in [-0.39, 0.29) is 30.8 Å². The Balaban J connectivity index is 1.63. The van der Waals surface area contributed by atoms with Gasteiger partial charge in [-0.05, 0) is 30.0 Å². The van der Waals surface area contributed by atoms with Crippen LogP contribution in [0.4, 0.5) is 22.0 Å². The number of benzene rings is 1. The van der Waals surface area contributed by atoms with Crippen LogP contribution in [0, 0.1) is 17.6 Å². The van der Waals surface area contributed by atoms with E-state index in [9.17, 15) is 36.3 Å². The third-order valence-corrected chi connectivity index (χ3v) is 6.58. The number of nitrogens with zero attached hydrogens (tertiary/aromatic N) is 4. The Morgan fingerprint density at radius 3 is 2.33 bits per heavy atom. The number of likely N-dealkylation sites (tertiary alicyclic amines) is 1. The Kier molecular flexibility index (Phi) is 7.84. The summed E-state index contributed by atoms with van der Waals surface area (Å²) in [4.78, 5) is 47.6. The van der Waals surface area contributed by atoms with Crippen molar-refractivity contribution in [2.75, 3.05) is 13.1 Å². The molecule has 1 saturated heterocycles. The number of carbonyl (C=O) groups excluding carboxylic acids is 3. The lowest BCUT2D eigenvalue weighted by Gasteiger charge is -2.40. The third-order valence-electron chi connectivity index (χ3n) is 6.58. The number of halogens is 5. The van der Waals surface area contributed by atoms with Crippen LogP contribution in [0.1, 0.15) is 42.2 Å². The molecule has 1 aliphatic rings. The molecule has 0 saturated carbocycles. The molecule has 3 aromatic rings. The van der Waals surface area contributed by atoms with Crippen LogP contribution in [0.3, 0.4) is 0 Å². The molecule has 0 spiro atoms. The molecule has 3 atom stereocenters. The molecule has 4 rings (SSSR count). The van der Waals surface area contributed by atoms with Crippen molar-refractivity contribution in [3.05, 3.63) is 66.0 Å². The van der Waals surface area contributed by atoms with E-state index in [0.29, 0.717) is 11.6 Å². The number of carbonyl (C=O) groups is 3. The van der Waals surface area contributed by atoms with E-state index >= 15 is 0 Å². The van der Waals surface area contributed by atoms with Crippen LogP contribution in [0.15, 0.2) is 43.1 Å². The van der Waals surface area contributed by atoms with E-state index in [4.69, 9.17) is 0 Å². The lowest BCUT2D eigenvalue weighted by Crippen LogP contribution is -2.59. The van der Waals surface area contributed by atoms with Crippen LogP contribution in [0.25, 0.3) is 5.52 Å². The number of piperidine rings is 1. The average Bonchev–Trinajstić information content (AvgIpc) is 3.34. The second-order valence-electron chi connectivity index (χ2n) is 9.64. The van der Waals surface area contributed by atoms with E-state index in [1.54, 1.807) is 5.32 Å². The van der Waals surface area contributed by atoms with Gasteiger partial charge in [0, 0.05) is 25.1 Å². The van der Waals surface area contributed by atoms with Gasteiger partial charge >= 0.3 is 12.1 Å². The Labute approximate surface area is 219 Å². The van der Waals surface area contributed by atoms with Crippen LogP contribution >= 0.6 is 0 Å². The number of rotatable bonds is 6. The van der Waals surface area contributed by atoms with Crippen LogP contribution < -0.4 is 10.6 Å². The zero-order valence-corrected chi connectivity index (χ0v) is 20.9. The summed E-state index contributed by atoms with van der Waals surface area (Å²) in [5.74, 6) is -6.76. The quantitative estimate of drug-likeness (QED) is 0.458. The highest BCUT2D eigenvalue weighted by Gasteiger charge is 2.42. The summed E-state index contributed by atoms with van der Waals surface area (Å²) in [6.07, 6.45) is 0.778. The number of hydrogen-bond acceptors (Lipinski definition) is 5. The lowest BCUT2D eigenvalue weighted by molar-refractivity contribution is -0.175. The van der Waals surface area contributed by atoms with Gasteiger partial charge in [0.15, 0.2) is 0 Å². The first kappa shape index (κ1) is 27.9. The van der Waals surface area contributed by atoms with Gasteiger partial charge in [0.1, 0.15) is 23.4 Å². The lowest BCUT2D eigenvalue weighted by atomic mass is 9.84. The fourth-order valence-electron chi connectivity index (χ4n) is 4.67. The molecule has 39 heavy (non-hydrogen) atoms. The van der Waals surface area contributed by atoms with Crippen LogP contribution in [0.5, 0.6) is 0 Å². The number of hydrogen-bond donors (Lipinski definition) is 2. The Morgan fingerprint density at radius 1 is 1.03 bits per heavy atom. The molecule has 14 heteroatoms. The van der Waals surface area contributed by atoms with Gasteiger partial charge < -0.3 is 15.5 Å². The predicted molar refractivity (Wildman–Crippen MR) is 127 cm³/mol. The molecule has 0 radical (unpaired) electrons. The smallest absolute Gasteiger partial charge is 0.349 e. The first-order valence-electron chi connectivity index (χ1n) is 12.0. The summed E-state index contributed by atoms with van der Waals surface area (Å²) in [5, 5.41) is 4.32. The molecule has 1 aromatic carbocycles. The van der Waals surface area contributed by atoms with Crippen LogP contribution in [0.2, 0.25) is 0 Å². The molecule has 0 bridgehead atoms. The summed E-state index contributed by atoms with van der Waals surface area (Å²) in [6, 6.07) is 0.391. The Hall–Kier alpha value is -4.10. The monoisotopic (exact) mass is 552 g/mol. The Bertz CT molecular complexity index is 1370. The van der Waals surface area contributed by atoms with Crippen molar-refractivity contribution < 1.29 is 36.3 Å². The van der Waals surface area contributed by atoms with Gasteiger partial charge in [-0.1, -0.05) is 13.8 Å². The fraction of sp³-hybridized carbons (Fsp3) is 0.400. The molecule has 1 fully saturated rings. The van der Waals surface area contributed by atoms with Crippen molar-refractivity contribution in [2.24, 2.45) is 5.92 Å². The van der Waals surface area contributed by atoms with Crippen molar-refractivity contribution in [1.82, 2.24) is 29.9 Å². The molecular weight excluding hydrogens is 527 g/mol. The van der Waals surface area contributed by atoms with E-state index < -0.39 is 59.5 Å². The Morgan fingerprint density at radius 2 is 1.69 bits per heavy atom. The summed E-state index contributed by atoms with van der Waals surface area (Å²) in [7, 11) is 0. The van der Waals surface area contributed by atoms with Crippen molar-refractivity contribution in [2.45, 2.75) is 44.4 Å². The molecule has 0 unspecified atom stereocenters. The molecule has 3 amide bonds. The van der Waals surface area contributed by atoms with Gasteiger partial charge in [-0.2, -0.15) is 13.2 Å². The first-order chi connectivity index (χ1) is 18.3. The maximum absolute atomic E-state index is 14.0. The predicted octanol–water partition coefficient (Wildman–Crippen LogP) is 2.83. The topological polar surface area (TPSA) is 109 Å². The highest BCUT2D eigenvalue weighted by atomic mass is 19.4. The van der Waals surface area contributed by atoms with Crippen LogP contribution in [-0.2, 0) is 9.59 Å². The van der Waals surface area contributed by atoms with E-state index in [0.717, 1.165) is 12.1 Å². The molecule has 2 N–H and O–H groups in total. The molecule has 1 aliphatic heterocycles. The molecule has 0 aliphatic carbocycles. The second kappa shape index (κ2) is 10.9. The van der Waals surface area contributed by atoms with Gasteiger partial charge in [0.2, 0.25) is 5.91 Å². The fourth-order valence-corrected chi connectivity index (χ4v) is 4.67. The molecule has 9 nitrogen and oxygen atoms in total. The minimum absolute atomic E-state index is 0.128. The van der Waals surface area contributed by atoms with Gasteiger partial charge in [-0.3, -0.25) is 23.8 Å². The van der Waals surface area contributed by atoms with Crippen molar-refractivity contribution in [3.8, 4) is 0 Å². The summed E-state index contributed by atoms with van der Waals surface area (Å²) < 4.78 is 68.2. The van der Waals surface area contributed by atoms with Crippen molar-refractivity contribution >= 4 is 23.2 Å². The summed E-state index contributed by atoms with van der Waals surface area (Å²) in [6.45, 7) is 2.93. The number of nitrogens with one attached hydrogen (secondary N) is 2. The largest absolute Gasteiger partial charge is 0.471 e. The minimum Gasteiger partial charge on any atom is -0.349 e. The first-order valence-corrected chi connectivity index (χ1v) is 12.0. The highest BCUT2D eigenvalue weighted by Crippen LogP contribution is 2.31. The van der Waals surface area contributed by atoms with Gasteiger partial charge in [0.25, 0.3) is 5.91 Å². The number of alkyl halides is 3. The zero-order chi connectivity index (χ0) is 28.5.